The Morgan fingerprint density at radius 1 is 1.44 bits per heavy atom. The second-order valence-electron chi connectivity index (χ2n) is 4.87. The van der Waals surface area contributed by atoms with E-state index in [0.717, 1.165) is 18.7 Å². The summed E-state index contributed by atoms with van der Waals surface area (Å²) in [4.78, 5) is 13.5. The summed E-state index contributed by atoms with van der Waals surface area (Å²) in [6.45, 7) is 5.33. The zero-order valence-corrected chi connectivity index (χ0v) is 11.6. The van der Waals surface area contributed by atoms with E-state index in [4.69, 9.17) is 5.73 Å². The van der Waals surface area contributed by atoms with Crippen LogP contribution in [0.1, 0.15) is 30.6 Å². The SMILES string of the molecule is COC(=O)c1ccc(N(C)CCC(C)C)c(N)c1. The molecule has 0 atom stereocenters. The van der Waals surface area contributed by atoms with E-state index in [9.17, 15) is 4.79 Å². The molecule has 100 valence electrons. The second kappa shape index (κ2) is 6.28. The van der Waals surface area contributed by atoms with Crippen LogP contribution in [0.4, 0.5) is 11.4 Å². The first-order chi connectivity index (χ1) is 8.45. The first-order valence-corrected chi connectivity index (χ1v) is 6.14. The Labute approximate surface area is 109 Å². The number of nitrogen functional groups attached to an aromatic ring is 1. The Morgan fingerprint density at radius 3 is 2.61 bits per heavy atom. The Kier molecular flexibility index (Phi) is 5.01. The maximum absolute atomic E-state index is 11.4. The van der Waals surface area contributed by atoms with Crippen LogP contribution in [0.25, 0.3) is 0 Å². The number of nitrogens with zero attached hydrogens (tertiary/aromatic N) is 1. The fourth-order valence-corrected chi connectivity index (χ4v) is 1.72. The third kappa shape index (κ3) is 3.65. The average molecular weight is 250 g/mol. The topological polar surface area (TPSA) is 55.6 Å². The van der Waals surface area contributed by atoms with Crippen LogP contribution in [-0.2, 0) is 4.74 Å². The lowest BCUT2D eigenvalue weighted by Crippen LogP contribution is -2.21. The van der Waals surface area contributed by atoms with Gasteiger partial charge in [0, 0.05) is 13.6 Å². The summed E-state index contributed by atoms with van der Waals surface area (Å²) in [5.41, 5.74) is 8.00. The van der Waals surface area contributed by atoms with Crippen molar-refractivity contribution in [2.75, 3.05) is 31.3 Å². The third-order valence-electron chi connectivity index (χ3n) is 2.90. The summed E-state index contributed by atoms with van der Waals surface area (Å²) in [6.07, 6.45) is 1.11. The van der Waals surface area contributed by atoms with E-state index < -0.39 is 0 Å². The highest BCUT2D eigenvalue weighted by molar-refractivity contribution is 5.91. The quantitative estimate of drug-likeness (QED) is 0.644. The van der Waals surface area contributed by atoms with Gasteiger partial charge in [-0.1, -0.05) is 13.8 Å². The molecule has 0 aliphatic rings. The van der Waals surface area contributed by atoms with E-state index in [1.54, 1.807) is 12.1 Å². The molecule has 4 heteroatoms. The van der Waals surface area contributed by atoms with Crippen LogP contribution in [0.3, 0.4) is 0 Å². The van der Waals surface area contributed by atoms with Crippen molar-refractivity contribution in [3.8, 4) is 0 Å². The van der Waals surface area contributed by atoms with Crippen LogP contribution in [0.15, 0.2) is 18.2 Å². The molecule has 0 radical (unpaired) electrons. The van der Waals surface area contributed by atoms with Crippen LogP contribution < -0.4 is 10.6 Å². The monoisotopic (exact) mass is 250 g/mol. The largest absolute Gasteiger partial charge is 0.465 e. The molecule has 1 aromatic carbocycles. The smallest absolute Gasteiger partial charge is 0.337 e. The molecule has 0 saturated heterocycles. The lowest BCUT2D eigenvalue weighted by Gasteiger charge is -2.22. The van der Waals surface area contributed by atoms with Crippen LogP contribution >= 0.6 is 0 Å². The lowest BCUT2D eigenvalue weighted by molar-refractivity contribution is 0.0601. The number of carbonyl (C=O) groups excluding carboxylic acids is 1. The number of methoxy groups -OCH3 is 1. The molecule has 4 nitrogen and oxygen atoms in total. The fraction of sp³-hybridized carbons (Fsp3) is 0.500. The number of nitrogens with two attached hydrogens (primary N) is 1. The number of hydrogen-bond donors (Lipinski definition) is 1. The number of rotatable bonds is 5. The molecule has 1 aromatic rings. The minimum absolute atomic E-state index is 0.363. The van der Waals surface area contributed by atoms with Gasteiger partial charge in [-0.2, -0.15) is 0 Å². The van der Waals surface area contributed by atoms with E-state index in [2.05, 4.69) is 23.5 Å². The Balaban J connectivity index is 2.81. The van der Waals surface area contributed by atoms with Gasteiger partial charge in [0.15, 0.2) is 0 Å². The molecule has 0 unspecified atom stereocenters. The van der Waals surface area contributed by atoms with Crippen molar-refractivity contribution in [2.24, 2.45) is 5.92 Å². The summed E-state index contributed by atoms with van der Waals surface area (Å²) < 4.78 is 4.66. The summed E-state index contributed by atoms with van der Waals surface area (Å²) in [6, 6.07) is 5.26. The van der Waals surface area contributed by atoms with Gasteiger partial charge >= 0.3 is 5.97 Å². The average Bonchev–Trinajstić information content (AvgIpc) is 2.34. The molecule has 0 amide bonds. The highest BCUT2D eigenvalue weighted by Crippen LogP contribution is 2.24. The Morgan fingerprint density at radius 2 is 2.11 bits per heavy atom. The molecule has 0 aliphatic heterocycles. The predicted molar refractivity (Wildman–Crippen MR) is 74.9 cm³/mol. The van der Waals surface area contributed by atoms with Gasteiger partial charge in [-0.15, -0.1) is 0 Å². The Bertz CT molecular complexity index is 416. The van der Waals surface area contributed by atoms with Gasteiger partial charge in [-0.3, -0.25) is 0 Å². The summed E-state index contributed by atoms with van der Waals surface area (Å²) >= 11 is 0. The van der Waals surface area contributed by atoms with Crippen molar-refractivity contribution >= 4 is 17.3 Å². The van der Waals surface area contributed by atoms with Crippen molar-refractivity contribution < 1.29 is 9.53 Å². The summed E-state index contributed by atoms with van der Waals surface area (Å²) in [5.74, 6) is 0.293. The van der Waals surface area contributed by atoms with Crippen molar-refractivity contribution in [3.05, 3.63) is 23.8 Å². The van der Waals surface area contributed by atoms with Crippen LogP contribution in [0.5, 0.6) is 0 Å². The minimum atomic E-state index is -0.363. The van der Waals surface area contributed by atoms with E-state index in [1.807, 2.05) is 13.1 Å². The zero-order chi connectivity index (χ0) is 13.7. The van der Waals surface area contributed by atoms with Gasteiger partial charge in [-0.05, 0) is 30.5 Å². The van der Waals surface area contributed by atoms with Crippen molar-refractivity contribution in [2.45, 2.75) is 20.3 Å². The minimum Gasteiger partial charge on any atom is -0.465 e. The highest BCUT2D eigenvalue weighted by Gasteiger charge is 2.10. The fourth-order valence-electron chi connectivity index (χ4n) is 1.72. The molecule has 0 fully saturated rings. The van der Waals surface area contributed by atoms with Crippen molar-refractivity contribution in [1.82, 2.24) is 0 Å². The molecule has 0 aromatic heterocycles. The molecular formula is C14H22N2O2. The standard InChI is InChI=1S/C14H22N2O2/c1-10(2)7-8-16(3)13-6-5-11(9-12(13)15)14(17)18-4/h5-6,9-10H,7-8,15H2,1-4H3. The number of anilines is 2. The molecule has 2 N–H and O–H groups in total. The number of esters is 1. The number of benzene rings is 1. The van der Waals surface area contributed by atoms with Gasteiger partial charge in [0.2, 0.25) is 0 Å². The van der Waals surface area contributed by atoms with Crippen LogP contribution in [-0.4, -0.2) is 26.7 Å². The van der Waals surface area contributed by atoms with E-state index >= 15 is 0 Å². The maximum atomic E-state index is 11.4. The van der Waals surface area contributed by atoms with Gasteiger partial charge < -0.3 is 15.4 Å². The first-order valence-electron chi connectivity index (χ1n) is 6.14. The molecule has 0 aliphatic carbocycles. The van der Waals surface area contributed by atoms with Gasteiger partial charge in [0.05, 0.1) is 24.0 Å². The zero-order valence-electron chi connectivity index (χ0n) is 11.6. The van der Waals surface area contributed by atoms with Crippen molar-refractivity contribution in [1.29, 1.82) is 0 Å². The highest BCUT2D eigenvalue weighted by atomic mass is 16.5. The summed E-state index contributed by atoms with van der Waals surface area (Å²) in [5, 5.41) is 0. The van der Waals surface area contributed by atoms with E-state index in [0.29, 0.717) is 17.2 Å². The normalized spacial score (nSPS) is 10.5. The molecule has 0 heterocycles. The number of ether oxygens (including phenoxy) is 1. The van der Waals surface area contributed by atoms with E-state index in [-0.39, 0.29) is 5.97 Å². The van der Waals surface area contributed by atoms with Crippen LogP contribution in [0, 0.1) is 5.92 Å². The number of carbonyl (C=O) groups is 1. The predicted octanol–water partition coefficient (Wildman–Crippen LogP) is 2.54. The molecule has 18 heavy (non-hydrogen) atoms. The third-order valence-corrected chi connectivity index (χ3v) is 2.90. The molecule has 0 bridgehead atoms. The van der Waals surface area contributed by atoms with Crippen LogP contribution in [0.2, 0.25) is 0 Å². The van der Waals surface area contributed by atoms with Crippen molar-refractivity contribution in [3.63, 3.8) is 0 Å². The first kappa shape index (κ1) is 14.4. The van der Waals surface area contributed by atoms with Gasteiger partial charge in [0.25, 0.3) is 0 Å². The lowest BCUT2D eigenvalue weighted by atomic mass is 10.1. The molecular weight excluding hydrogens is 228 g/mol. The second-order valence-corrected chi connectivity index (χ2v) is 4.87. The number of hydrogen-bond acceptors (Lipinski definition) is 4. The summed E-state index contributed by atoms with van der Waals surface area (Å²) in [7, 11) is 3.37. The molecule has 1 rings (SSSR count). The maximum Gasteiger partial charge on any atom is 0.337 e. The Hall–Kier alpha value is -1.71. The molecule has 0 saturated carbocycles. The van der Waals surface area contributed by atoms with Gasteiger partial charge in [0.1, 0.15) is 0 Å². The van der Waals surface area contributed by atoms with Gasteiger partial charge in [-0.25, -0.2) is 4.79 Å². The van der Waals surface area contributed by atoms with E-state index in [1.165, 1.54) is 7.11 Å². The molecule has 0 spiro atoms.